The van der Waals surface area contributed by atoms with Crippen LogP contribution in [0.15, 0.2) is 24.3 Å². The number of hydrogen-bond donors (Lipinski definition) is 0. The van der Waals surface area contributed by atoms with Gasteiger partial charge in [0.05, 0.1) is 18.8 Å². The van der Waals surface area contributed by atoms with Crippen LogP contribution in [0.25, 0.3) is 0 Å². The van der Waals surface area contributed by atoms with Gasteiger partial charge in [-0.3, -0.25) is 4.74 Å². The predicted octanol–water partition coefficient (Wildman–Crippen LogP) is 3.23. The molecule has 2 aliphatic heterocycles. The Labute approximate surface area is 149 Å². The summed E-state index contributed by atoms with van der Waals surface area (Å²) < 4.78 is 12.4. The molecule has 1 fully saturated rings. The van der Waals surface area contributed by atoms with Crippen LogP contribution >= 0.6 is 0 Å². The summed E-state index contributed by atoms with van der Waals surface area (Å²) in [5, 5.41) is 26.2. The number of hydrogen-bond acceptors (Lipinski definition) is 4. The van der Waals surface area contributed by atoms with Crippen molar-refractivity contribution in [2.24, 2.45) is 5.41 Å². The minimum atomic E-state index is -0.816. The zero-order chi connectivity index (χ0) is 18.6. The first-order valence-corrected chi connectivity index (χ1v) is 8.63. The summed E-state index contributed by atoms with van der Waals surface area (Å²) in [7, 11) is 0. The number of hydroxylamine groups is 3. The van der Waals surface area contributed by atoms with E-state index >= 15 is 0 Å². The van der Waals surface area contributed by atoms with Crippen LogP contribution in [0.4, 0.5) is 0 Å². The van der Waals surface area contributed by atoms with Crippen molar-refractivity contribution in [1.82, 2.24) is 5.06 Å². The summed E-state index contributed by atoms with van der Waals surface area (Å²) in [5.74, 6) is 0.146. The standard InChI is InChI=1S/C19H27N2O4/c1-17(2)11-24-16(25-12-17)14-9-7-13(8-10-14)15-20(22)18(3,4)19(5,6)21(15)23/h7-10,16H,11-12H2,1-6H3. The highest BCUT2D eigenvalue weighted by Gasteiger charge is 2.59. The van der Waals surface area contributed by atoms with Gasteiger partial charge in [-0.25, -0.2) is 0 Å². The summed E-state index contributed by atoms with van der Waals surface area (Å²) >= 11 is 0. The van der Waals surface area contributed by atoms with E-state index in [1.807, 2.05) is 12.1 Å². The van der Waals surface area contributed by atoms with Crippen LogP contribution in [0, 0.1) is 10.6 Å². The van der Waals surface area contributed by atoms with Gasteiger partial charge in [0, 0.05) is 16.2 Å². The first-order valence-electron chi connectivity index (χ1n) is 8.63. The molecule has 0 spiro atoms. The smallest absolute Gasteiger partial charge is 0.316 e. The van der Waals surface area contributed by atoms with Gasteiger partial charge in [-0.1, -0.05) is 31.0 Å². The van der Waals surface area contributed by atoms with E-state index in [2.05, 4.69) is 13.8 Å². The molecule has 0 unspecified atom stereocenters. The Hall–Kier alpha value is -1.63. The molecule has 0 saturated carbocycles. The summed E-state index contributed by atoms with van der Waals surface area (Å²) in [6, 6.07) is 7.27. The Morgan fingerprint density at radius 2 is 1.56 bits per heavy atom. The average molecular weight is 347 g/mol. The van der Waals surface area contributed by atoms with Crippen molar-refractivity contribution in [1.29, 1.82) is 0 Å². The third-order valence-electron chi connectivity index (χ3n) is 5.59. The van der Waals surface area contributed by atoms with E-state index in [1.54, 1.807) is 39.8 Å². The zero-order valence-corrected chi connectivity index (χ0v) is 15.8. The fourth-order valence-electron chi connectivity index (χ4n) is 3.02. The Bertz CT molecular complexity index is 682. The maximum atomic E-state index is 12.7. The van der Waals surface area contributed by atoms with E-state index in [4.69, 9.17) is 9.47 Å². The van der Waals surface area contributed by atoms with Crippen molar-refractivity contribution in [2.75, 3.05) is 13.2 Å². The second-order valence-electron chi connectivity index (χ2n) is 8.77. The van der Waals surface area contributed by atoms with Gasteiger partial charge < -0.3 is 14.7 Å². The van der Waals surface area contributed by atoms with Crippen LogP contribution in [-0.2, 0) is 14.7 Å². The molecule has 137 valence electrons. The van der Waals surface area contributed by atoms with Crippen molar-refractivity contribution in [3.05, 3.63) is 40.6 Å². The Balaban J connectivity index is 1.85. The molecule has 0 N–H and O–H groups in total. The molecule has 0 bridgehead atoms. The van der Waals surface area contributed by atoms with Crippen molar-refractivity contribution >= 4 is 5.84 Å². The van der Waals surface area contributed by atoms with Gasteiger partial charge in [-0.05, 0) is 39.8 Å². The first kappa shape index (κ1) is 18.2. The molecule has 0 atom stereocenters. The Morgan fingerprint density at radius 1 is 1.04 bits per heavy atom. The van der Waals surface area contributed by atoms with Crippen LogP contribution in [0.1, 0.15) is 59.0 Å². The van der Waals surface area contributed by atoms with E-state index in [-0.39, 0.29) is 11.3 Å². The first-order chi connectivity index (χ1) is 11.5. The quantitative estimate of drug-likeness (QED) is 0.608. The molecule has 25 heavy (non-hydrogen) atoms. The monoisotopic (exact) mass is 347 g/mol. The maximum absolute atomic E-state index is 12.7. The fourth-order valence-corrected chi connectivity index (χ4v) is 3.02. The van der Waals surface area contributed by atoms with E-state index < -0.39 is 17.4 Å². The molecule has 1 aromatic rings. The van der Waals surface area contributed by atoms with Crippen molar-refractivity contribution in [2.45, 2.75) is 58.9 Å². The Kier molecular flexibility index (Phi) is 4.14. The SMILES string of the molecule is CC1(C)COC(c2ccc(C3=[N+]([O-])C(C)(C)C(C)(C)N3[O])cc2)OC1. The van der Waals surface area contributed by atoms with E-state index in [0.29, 0.717) is 18.8 Å². The highest BCUT2D eigenvalue weighted by atomic mass is 16.7. The van der Waals surface area contributed by atoms with Gasteiger partial charge in [-0.15, -0.1) is 0 Å². The molecule has 6 heteroatoms. The minimum absolute atomic E-state index is 0.0133. The molecule has 6 nitrogen and oxygen atoms in total. The minimum Gasteiger partial charge on any atom is -0.714 e. The molecule has 3 rings (SSSR count). The lowest BCUT2D eigenvalue weighted by Crippen LogP contribution is -2.53. The van der Waals surface area contributed by atoms with Gasteiger partial charge in [0.2, 0.25) is 0 Å². The van der Waals surface area contributed by atoms with Gasteiger partial charge in [0.1, 0.15) is 5.54 Å². The predicted molar refractivity (Wildman–Crippen MR) is 93.3 cm³/mol. The third-order valence-corrected chi connectivity index (χ3v) is 5.59. The number of rotatable bonds is 2. The fraction of sp³-hybridized carbons (Fsp3) is 0.632. The normalized spacial score (nSPS) is 25.5. The van der Waals surface area contributed by atoms with Crippen LogP contribution in [0.2, 0.25) is 0 Å². The lowest BCUT2D eigenvalue weighted by atomic mass is 9.84. The molecule has 1 aromatic carbocycles. The largest absolute Gasteiger partial charge is 0.714 e. The molecule has 1 radical (unpaired) electrons. The summed E-state index contributed by atoms with van der Waals surface area (Å²) in [6.45, 7) is 12.6. The molecular weight excluding hydrogens is 320 g/mol. The lowest BCUT2D eigenvalue weighted by Gasteiger charge is -2.34. The zero-order valence-electron chi connectivity index (χ0n) is 15.8. The molecule has 2 heterocycles. The van der Waals surface area contributed by atoms with Gasteiger partial charge in [0.15, 0.2) is 11.8 Å². The van der Waals surface area contributed by atoms with Crippen LogP contribution in [0.3, 0.4) is 0 Å². The second kappa shape index (κ2) is 5.69. The van der Waals surface area contributed by atoms with Crippen LogP contribution in [-0.4, -0.2) is 39.9 Å². The number of nitrogens with zero attached hydrogens (tertiary/aromatic N) is 2. The highest BCUT2D eigenvalue weighted by molar-refractivity contribution is 5.96. The number of benzene rings is 1. The third kappa shape index (κ3) is 2.82. The lowest BCUT2D eigenvalue weighted by molar-refractivity contribution is -0.539. The number of amidine groups is 1. The van der Waals surface area contributed by atoms with Crippen LogP contribution in [0.5, 0.6) is 0 Å². The number of ether oxygens (including phenoxy) is 2. The molecule has 2 aliphatic rings. The highest BCUT2D eigenvalue weighted by Crippen LogP contribution is 2.37. The second-order valence-corrected chi connectivity index (χ2v) is 8.77. The Morgan fingerprint density at radius 3 is 2.00 bits per heavy atom. The van der Waals surface area contributed by atoms with Crippen molar-refractivity contribution in [3.8, 4) is 0 Å². The molecular formula is C19H27N2O4. The summed E-state index contributed by atoms with van der Waals surface area (Å²) in [4.78, 5) is 0. The molecule has 0 aliphatic carbocycles. The van der Waals surface area contributed by atoms with Crippen LogP contribution < -0.4 is 0 Å². The van der Waals surface area contributed by atoms with E-state index in [0.717, 1.165) is 15.4 Å². The van der Waals surface area contributed by atoms with Gasteiger partial charge >= 0.3 is 5.84 Å². The molecule has 0 amide bonds. The topological polar surface area (TPSA) is 67.7 Å². The summed E-state index contributed by atoms with van der Waals surface area (Å²) in [5.41, 5.74) is -0.136. The summed E-state index contributed by atoms with van der Waals surface area (Å²) in [6.07, 6.45) is -0.407. The average Bonchev–Trinajstić information content (AvgIpc) is 2.66. The molecule has 1 saturated heterocycles. The van der Waals surface area contributed by atoms with E-state index in [1.165, 1.54) is 0 Å². The van der Waals surface area contributed by atoms with Gasteiger partial charge in [0.25, 0.3) is 0 Å². The van der Waals surface area contributed by atoms with Crippen molar-refractivity contribution < 1.29 is 19.4 Å². The maximum Gasteiger partial charge on any atom is 0.316 e. The van der Waals surface area contributed by atoms with Crippen molar-refractivity contribution in [3.63, 3.8) is 0 Å². The molecule has 0 aromatic heterocycles. The van der Waals surface area contributed by atoms with E-state index in [9.17, 15) is 10.4 Å². The van der Waals surface area contributed by atoms with Gasteiger partial charge in [-0.2, -0.15) is 0 Å².